The van der Waals surface area contributed by atoms with Crippen molar-refractivity contribution in [1.82, 2.24) is 16.0 Å². The Morgan fingerprint density at radius 1 is 0.645 bits per heavy atom. The van der Waals surface area contributed by atoms with Gasteiger partial charge >= 0.3 is 23.9 Å². The number of amides is 3. The predicted molar refractivity (Wildman–Crippen MR) is 102 cm³/mol. The largest absolute Gasteiger partial charge is 0.481 e. The Kier molecular flexibility index (Phi) is 11.6. The van der Waals surface area contributed by atoms with Crippen molar-refractivity contribution in [2.45, 2.75) is 43.4 Å². The van der Waals surface area contributed by atoms with E-state index in [2.05, 4.69) is 12.6 Å². The minimum Gasteiger partial charge on any atom is -0.481 e. The lowest BCUT2D eigenvalue weighted by molar-refractivity contribution is -0.144. The van der Waals surface area contributed by atoms with Gasteiger partial charge in [0.2, 0.25) is 17.7 Å². The zero-order valence-corrected chi connectivity index (χ0v) is 16.7. The van der Waals surface area contributed by atoms with Gasteiger partial charge in [-0.1, -0.05) is 0 Å². The first-order chi connectivity index (χ1) is 14.3. The minimum atomic E-state index is -1.84. The van der Waals surface area contributed by atoms with Gasteiger partial charge in [-0.15, -0.1) is 0 Å². The average Bonchev–Trinajstić information content (AvgIpc) is 2.62. The zero-order chi connectivity index (χ0) is 24.3. The van der Waals surface area contributed by atoms with E-state index in [1.165, 1.54) is 0 Å². The van der Waals surface area contributed by atoms with Crippen molar-refractivity contribution in [3.05, 3.63) is 0 Å². The van der Waals surface area contributed by atoms with Crippen LogP contribution < -0.4 is 21.7 Å². The molecule has 0 saturated heterocycles. The molecule has 16 heteroatoms. The summed E-state index contributed by atoms with van der Waals surface area (Å²) in [7, 11) is 0. The highest BCUT2D eigenvalue weighted by atomic mass is 32.1. The maximum Gasteiger partial charge on any atom is 0.327 e. The van der Waals surface area contributed by atoms with Gasteiger partial charge in [0.15, 0.2) is 0 Å². The van der Waals surface area contributed by atoms with Crippen molar-refractivity contribution >= 4 is 54.2 Å². The molecule has 0 aliphatic rings. The van der Waals surface area contributed by atoms with Crippen LogP contribution in [-0.4, -0.2) is 91.9 Å². The second kappa shape index (κ2) is 13.0. The predicted octanol–water partition coefficient (Wildman–Crippen LogP) is -3.79. The summed E-state index contributed by atoms with van der Waals surface area (Å²) in [5.74, 6) is -10.1. The van der Waals surface area contributed by atoms with Crippen LogP contribution in [0.1, 0.15) is 19.3 Å². The molecule has 174 valence electrons. The van der Waals surface area contributed by atoms with Crippen LogP contribution in [0.15, 0.2) is 0 Å². The van der Waals surface area contributed by atoms with Gasteiger partial charge in [-0.05, 0) is 0 Å². The van der Waals surface area contributed by atoms with Gasteiger partial charge in [0.05, 0.1) is 25.3 Å². The standard InChI is InChI=1S/C15H22N4O11S/c16-5(1-9(20)21)12(26)17-6(2-10(22)23)13(27)18-7(3-11(24)25)14(28)19-8(4-31)15(29)30/h5-8,31H,1-4,16H2,(H,17,26)(H,18,27)(H,19,28)(H,20,21)(H,22,23)(H,24,25)(H,29,30). The topological polar surface area (TPSA) is 263 Å². The molecule has 31 heavy (non-hydrogen) atoms. The molecule has 4 unspecified atom stereocenters. The molecule has 0 aliphatic heterocycles. The van der Waals surface area contributed by atoms with Crippen LogP contribution in [0.25, 0.3) is 0 Å². The first-order valence-electron chi connectivity index (χ1n) is 8.44. The Morgan fingerprint density at radius 2 is 1.00 bits per heavy atom. The summed E-state index contributed by atoms with van der Waals surface area (Å²) >= 11 is 3.72. The van der Waals surface area contributed by atoms with Crippen molar-refractivity contribution in [1.29, 1.82) is 0 Å². The molecule has 9 N–H and O–H groups in total. The number of hydrogen-bond donors (Lipinski definition) is 9. The Hall–Kier alpha value is -3.40. The van der Waals surface area contributed by atoms with Crippen LogP contribution in [0.2, 0.25) is 0 Å². The van der Waals surface area contributed by atoms with Crippen molar-refractivity contribution in [2.24, 2.45) is 5.73 Å². The molecule has 0 aromatic rings. The fraction of sp³-hybridized carbons (Fsp3) is 0.533. The number of nitrogens with one attached hydrogen (secondary N) is 3. The van der Waals surface area contributed by atoms with Gasteiger partial charge in [0, 0.05) is 5.75 Å². The van der Waals surface area contributed by atoms with Crippen molar-refractivity contribution in [2.75, 3.05) is 5.75 Å². The van der Waals surface area contributed by atoms with Gasteiger partial charge in [0.1, 0.15) is 18.1 Å². The summed E-state index contributed by atoms with van der Waals surface area (Å²) in [5.41, 5.74) is 5.33. The number of rotatable bonds is 14. The van der Waals surface area contributed by atoms with E-state index in [1.807, 2.05) is 16.0 Å². The lowest BCUT2D eigenvalue weighted by atomic mass is 10.1. The molecule has 0 heterocycles. The van der Waals surface area contributed by atoms with E-state index in [4.69, 9.17) is 26.2 Å². The normalized spacial score (nSPS) is 14.3. The molecular weight excluding hydrogens is 444 g/mol. The molecule has 4 atom stereocenters. The molecular formula is C15H22N4O11S. The van der Waals surface area contributed by atoms with Gasteiger partial charge in [-0.2, -0.15) is 12.6 Å². The summed E-state index contributed by atoms with van der Waals surface area (Å²) < 4.78 is 0. The maximum absolute atomic E-state index is 12.4. The third kappa shape index (κ3) is 10.8. The number of carboxylic acids is 4. The smallest absolute Gasteiger partial charge is 0.327 e. The number of hydrogen-bond acceptors (Lipinski definition) is 9. The molecule has 0 aromatic heterocycles. The van der Waals surface area contributed by atoms with E-state index in [0.717, 1.165) is 0 Å². The van der Waals surface area contributed by atoms with Gasteiger partial charge in [-0.25, -0.2) is 4.79 Å². The molecule has 0 radical (unpaired) electrons. The van der Waals surface area contributed by atoms with Crippen LogP contribution in [0.5, 0.6) is 0 Å². The molecule has 0 aromatic carbocycles. The zero-order valence-electron chi connectivity index (χ0n) is 15.8. The maximum atomic E-state index is 12.4. The average molecular weight is 466 g/mol. The molecule has 0 fully saturated rings. The fourth-order valence-electron chi connectivity index (χ4n) is 2.06. The summed E-state index contributed by atoms with van der Waals surface area (Å²) in [5, 5.41) is 41.2. The Balaban J connectivity index is 5.47. The van der Waals surface area contributed by atoms with Crippen LogP contribution in [0, 0.1) is 0 Å². The monoisotopic (exact) mass is 466 g/mol. The Bertz CT molecular complexity index is 744. The molecule has 3 amide bonds. The summed E-state index contributed by atoms with van der Waals surface area (Å²) in [4.78, 5) is 80.1. The summed E-state index contributed by atoms with van der Waals surface area (Å²) in [6.45, 7) is 0. The molecule has 15 nitrogen and oxygen atoms in total. The fourth-order valence-corrected chi connectivity index (χ4v) is 2.30. The van der Waals surface area contributed by atoms with Crippen molar-refractivity contribution < 1.29 is 54.0 Å². The second-order valence-corrected chi connectivity index (χ2v) is 6.47. The van der Waals surface area contributed by atoms with E-state index < -0.39 is 85.0 Å². The summed E-state index contributed by atoms with van der Waals surface area (Å²) in [6, 6.07) is -6.79. The van der Waals surface area contributed by atoms with Crippen LogP contribution in [0.3, 0.4) is 0 Å². The van der Waals surface area contributed by atoms with E-state index >= 15 is 0 Å². The van der Waals surface area contributed by atoms with Gasteiger partial charge in [0.25, 0.3) is 0 Å². The lowest BCUT2D eigenvalue weighted by Gasteiger charge is -2.23. The Morgan fingerprint density at radius 3 is 1.32 bits per heavy atom. The van der Waals surface area contributed by atoms with E-state index in [9.17, 15) is 33.6 Å². The number of carbonyl (C=O) groups is 7. The Labute approximate surface area is 179 Å². The van der Waals surface area contributed by atoms with Crippen molar-refractivity contribution in [3.8, 4) is 0 Å². The molecule has 0 rings (SSSR count). The first kappa shape index (κ1) is 27.6. The minimum absolute atomic E-state index is 0.353. The lowest BCUT2D eigenvalue weighted by Crippen LogP contribution is -2.58. The molecule has 0 saturated carbocycles. The highest BCUT2D eigenvalue weighted by Crippen LogP contribution is 2.01. The quantitative estimate of drug-likeness (QED) is 0.112. The van der Waals surface area contributed by atoms with Crippen LogP contribution in [0.4, 0.5) is 0 Å². The number of nitrogens with two attached hydrogens (primary N) is 1. The third-order valence-corrected chi connectivity index (χ3v) is 3.92. The molecule has 0 aliphatic carbocycles. The van der Waals surface area contributed by atoms with Crippen LogP contribution >= 0.6 is 12.6 Å². The number of aliphatic carboxylic acids is 4. The van der Waals surface area contributed by atoms with Crippen LogP contribution in [-0.2, 0) is 33.6 Å². The highest BCUT2D eigenvalue weighted by Gasteiger charge is 2.32. The number of thiol groups is 1. The third-order valence-electron chi connectivity index (χ3n) is 3.55. The van der Waals surface area contributed by atoms with E-state index in [-0.39, 0.29) is 5.75 Å². The SMILES string of the molecule is NC(CC(=O)O)C(=O)NC(CC(=O)O)C(=O)NC(CC(=O)O)C(=O)NC(CS)C(=O)O. The van der Waals surface area contributed by atoms with Gasteiger partial charge < -0.3 is 42.1 Å². The second-order valence-electron chi connectivity index (χ2n) is 6.10. The van der Waals surface area contributed by atoms with Gasteiger partial charge in [-0.3, -0.25) is 28.8 Å². The summed E-state index contributed by atoms with van der Waals surface area (Å²) in [6.07, 6.45) is -2.83. The molecule has 0 bridgehead atoms. The molecule has 0 spiro atoms. The highest BCUT2D eigenvalue weighted by molar-refractivity contribution is 7.80. The number of carboxylic acid groups (broad SMARTS) is 4. The van der Waals surface area contributed by atoms with Crippen molar-refractivity contribution in [3.63, 3.8) is 0 Å². The number of carbonyl (C=O) groups excluding carboxylic acids is 3. The van der Waals surface area contributed by atoms with E-state index in [1.54, 1.807) is 0 Å². The van der Waals surface area contributed by atoms with E-state index in [0.29, 0.717) is 0 Å². The first-order valence-corrected chi connectivity index (χ1v) is 9.07.